The summed E-state index contributed by atoms with van der Waals surface area (Å²) in [6.07, 6.45) is 10.2. The van der Waals surface area contributed by atoms with Gasteiger partial charge in [0, 0.05) is 25.0 Å². The molecule has 1 fully saturated rings. The third-order valence-electron chi connectivity index (χ3n) is 4.59. The SMILES string of the molecule is O=C(NCCc1ccc(F)cc1)c1cncc(NC2CCCCC2)c1. The molecule has 0 saturated heterocycles. The summed E-state index contributed by atoms with van der Waals surface area (Å²) < 4.78 is 12.9. The van der Waals surface area contributed by atoms with Gasteiger partial charge < -0.3 is 10.6 Å². The fraction of sp³-hybridized carbons (Fsp3) is 0.400. The number of aromatic nitrogens is 1. The van der Waals surface area contributed by atoms with E-state index in [2.05, 4.69) is 15.6 Å². The van der Waals surface area contributed by atoms with E-state index in [0.29, 0.717) is 24.6 Å². The van der Waals surface area contributed by atoms with Gasteiger partial charge in [-0.3, -0.25) is 9.78 Å². The smallest absolute Gasteiger partial charge is 0.252 e. The van der Waals surface area contributed by atoms with Crippen molar-refractivity contribution in [2.45, 2.75) is 44.6 Å². The highest BCUT2D eigenvalue weighted by atomic mass is 19.1. The Bertz CT molecular complexity index is 696. The van der Waals surface area contributed by atoms with E-state index in [9.17, 15) is 9.18 Å². The summed E-state index contributed by atoms with van der Waals surface area (Å²) in [4.78, 5) is 16.5. The van der Waals surface area contributed by atoms with Gasteiger partial charge in [-0.25, -0.2) is 4.39 Å². The van der Waals surface area contributed by atoms with Crippen molar-refractivity contribution in [2.24, 2.45) is 0 Å². The maximum Gasteiger partial charge on any atom is 0.252 e. The third-order valence-corrected chi connectivity index (χ3v) is 4.59. The van der Waals surface area contributed by atoms with E-state index in [1.165, 1.54) is 44.2 Å². The predicted octanol–water partition coefficient (Wildman–Crippen LogP) is 3.94. The average Bonchev–Trinajstić information content (AvgIpc) is 2.64. The molecule has 0 unspecified atom stereocenters. The highest BCUT2D eigenvalue weighted by Crippen LogP contribution is 2.21. The zero-order chi connectivity index (χ0) is 17.5. The van der Waals surface area contributed by atoms with Gasteiger partial charge in [0.15, 0.2) is 0 Å². The molecule has 1 aliphatic carbocycles. The molecule has 5 heteroatoms. The number of halogens is 1. The van der Waals surface area contributed by atoms with E-state index >= 15 is 0 Å². The fourth-order valence-corrected chi connectivity index (χ4v) is 3.20. The molecule has 1 aromatic carbocycles. The van der Waals surface area contributed by atoms with Gasteiger partial charge in [-0.1, -0.05) is 31.4 Å². The first kappa shape index (κ1) is 17.4. The van der Waals surface area contributed by atoms with Crippen LogP contribution in [-0.2, 0) is 6.42 Å². The van der Waals surface area contributed by atoms with Gasteiger partial charge in [-0.05, 0) is 43.0 Å². The predicted molar refractivity (Wildman–Crippen MR) is 97.2 cm³/mol. The van der Waals surface area contributed by atoms with Gasteiger partial charge in [-0.15, -0.1) is 0 Å². The summed E-state index contributed by atoms with van der Waals surface area (Å²) in [5.74, 6) is -0.386. The maximum atomic E-state index is 12.9. The van der Waals surface area contributed by atoms with Gasteiger partial charge in [-0.2, -0.15) is 0 Å². The quantitative estimate of drug-likeness (QED) is 0.837. The van der Waals surface area contributed by atoms with Crippen LogP contribution in [0.25, 0.3) is 0 Å². The summed E-state index contributed by atoms with van der Waals surface area (Å²) in [6, 6.07) is 8.67. The Morgan fingerprint density at radius 2 is 1.88 bits per heavy atom. The molecule has 3 rings (SSSR count). The normalized spacial score (nSPS) is 14.9. The van der Waals surface area contributed by atoms with Crippen LogP contribution in [0.3, 0.4) is 0 Å². The Labute approximate surface area is 147 Å². The summed E-state index contributed by atoms with van der Waals surface area (Å²) >= 11 is 0. The van der Waals surface area contributed by atoms with Crippen molar-refractivity contribution >= 4 is 11.6 Å². The largest absolute Gasteiger partial charge is 0.381 e. The van der Waals surface area contributed by atoms with E-state index in [1.54, 1.807) is 24.5 Å². The van der Waals surface area contributed by atoms with E-state index in [4.69, 9.17) is 0 Å². The van der Waals surface area contributed by atoms with Crippen LogP contribution in [0.2, 0.25) is 0 Å². The number of benzene rings is 1. The van der Waals surface area contributed by atoms with Gasteiger partial charge in [0.25, 0.3) is 5.91 Å². The van der Waals surface area contributed by atoms with Gasteiger partial charge >= 0.3 is 0 Å². The summed E-state index contributed by atoms with van der Waals surface area (Å²) in [7, 11) is 0. The van der Waals surface area contributed by atoms with Crippen LogP contribution in [0.1, 0.15) is 48.0 Å². The number of carbonyl (C=O) groups excluding carboxylic acids is 1. The molecule has 0 bridgehead atoms. The fourth-order valence-electron chi connectivity index (χ4n) is 3.20. The summed E-state index contributed by atoms with van der Waals surface area (Å²) in [5, 5.41) is 6.38. The second-order valence-corrected chi connectivity index (χ2v) is 6.57. The number of carbonyl (C=O) groups is 1. The lowest BCUT2D eigenvalue weighted by Crippen LogP contribution is -2.26. The molecule has 0 aliphatic heterocycles. The number of nitrogens with one attached hydrogen (secondary N) is 2. The Balaban J connectivity index is 1.51. The molecule has 1 aromatic heterocycles. The maximum absolute atomic E-state index is 12.9. The van der Waals surface area contributed by atoms with Crippen LogP contribution in [0.15, 0.2) is 42.7 Å². The third kappa shape index (κ3) is 5.28. The summed E-state index contributed by atoms with van der Waals surface area (Å²) in [5.41, 5.74) is 2.45. The number of hydrogen-bond acceptors (Lipinski definition) is 3. The molecule has 132 valence electrons. The molecule has 2 N–H and O–H groups in total. The highest BCUT2D eigenvalue weighted by Gasteiger charge is 2.14. The monoisotopic (exact) mass is 341 g/mol. The lowest BCUT2D eigenvalue weighted by molar-refractivity contribution is 0.0954. The molecule has 1 amide bonds. The highest BCUT2D eigenvalue weighted by molar-refractivity contribution is 5.94. The molecule has 1 heterocycles. The van der Waals surface area contributed by atoms with Gasteiger partial charge in [0.05, 0.1) is 11.3 Å². The lowest BCUT2D eigenvalue weighted by Gasteiger charge is -2.23. The zero-order valence-corrected chi connectivity index (χ0v) is 14.3. The standard InChI is InChI=1S/C20H24FN3O/c21-17-8-6-15(7-9-17)10-11-23-20(25)16-12-19(14-22-13-16)24-18-4-2-1-3-5-18/h6-9,12-14,18,24H,1-5,10-11H2,(H,23,25). The van der Waals surface area contributed by atoms with E-state index in [1.807, 2.05) is 6.07 Å². The van der Waals surface area contributed by atoms with Crippen molar-refractivity contribution in [1.29, 1.82) is 0 Å². The van der Waals surface area contributed by atoms with Crippen LogP contribution in [-0.4, -0.2) is 23.5 Å². The number of anilines is 1. The summed E-state index contributed by atoms with van der Waals surface area (Å²) in [6.45, 7) is 0.505. The average molecular weight is 341 g/mol. The molecule has 1 aliphatic rings. The van der Waals surface area contributed by atoms with Crippen molar-refractivity contribution in [1.82, 2.24) is 10.3 Å². The van der Waals surface area contributed by atoms with Crippen LogP contribution in [0.5, 0.6) is 0 Å². The van der Waals surface area contributed by atoms with E-state index in [0.717, 1.165) is 11.3 Å². The van der Waals surface area contributed by atoms with Crippen molar-refractivity contribution in [3.05, 3.63) is 59.7 Å². The van der Waals surface area contributed by atoms with Crippen LogP contribution < -0.4 is 10.6 Å². The lowest BCUT2D eigenvalue weighted by atomic mass is 9.95. The van der Waals surface area contributed by atoms with E-state index in [-0.39, 0.29) is 11.7 Å². The number of nitrogens with zero attached hydrogens (tertiary/aromatic N) is 1. The van der Waals surface area contributed by atoms with Crippen molar-refractivity contribution in [3.8, 4) is 0 Å². The molecule has 4 nitrogen and oxygen atoms in total. The minimum atomic E-state index is -0.249. The molecular weight excluding hydrogens is 317 g/mol. The first-order valence-corrected chi connectivity index (χ1v) is 8.95. The Morgan fingerprint density at radius 1 is 1.12 bits per heavy atom. The molecule has 0 spiro atoms. The van der Waals surface area contributed by atoms with Gasteiger partial charge in [0.1, 0.15) is 5.82 Å². The van der Waals surface area contributed by atoms with Crippen molar-refractivity contribution < 1.29 is 9.18 Å². The Hall–Kier alpha value is -2.43. The number of amides is 1. The topological polar surface area (TPSA) is 54.0 Å². The minimum absolute atomic E-state index is 0.137. The van der Waals surface area contributed by atoms with Crippen LogP contribution >= 0.6 is 0 Å². The van der Waals surface area contributed by atoms with Crippen molar-refractivity contribution in [3.63, 3.8) is 0 Å². The Morgan fingerprint density at radius 3 is 2.64 bits per heavy atom. The molecule has 1 saturated carbocycles. The number of pyridine rings is 1. The molecule has 0 radical (unpaired) electrons. The van der Waals surface area contributed by atoms with Gasteiger partial charge in [0.2, 0.25) is 0 Å². The first-order valence-electron chi connectivity index (χ1n) is 8.95. The van der Waals surface area contributed by atoms with Crippen LogP contribution in [0, 0.1) is 5.82 Å². The van der Waals surface area contributed by atoms with Crippen molar-refractivity contribution in [2.75, 3.05) is 11.9 Å². The minimum Gasteiger partial charge on any atom is -0.381 e. The second-order valence-electron chi connectivity index (χ2n) is 6.57. The molecule has 0 atom stereocenters. The first-order chi connectivity index (χ1) is 12.2. The van der Waals surface area contributed by atoms with E-state index < -0.39 is 0 Å². The molecule has 2 aromatic rings. The number of hydrogen-bond donors (Lipinski definition) is 2. The molecular formula is C20H24FN3O. The molecule has 25 heavy (non-hydrogen) atoms. The second kappa shape index (κ2) is 8.60. The zero-order valence-electron chi connectivity index (χ0n) is 14.3. The number of rotatable bonds is 6. The van der Waals surface area contributed by atoms with Crippen LogP contribution in [0.4, 0.5) is 10.1 Å². The Kier molecular flexibility index (Phi) is 5.99.